The summed E-state index contributed by atoms with van der Waals surface area (Å²) in [4.78, 5) is 0. The Morgan fingerprint density at radius 1 is 0.962 bits per heavy atom. The topological polar surface area (TPSA) is 30.5 Å². The summed E-state index contributed by atoms with van der Waals surface area (Å²) < 4.78 is 57.8. The molecule has 0 atom stereocenters. The van der Waals surface area contributed by atoms with E-state index in [0.717, 1.165) is 12.1 Å². The molecule has 0 spiro atoms. The van der Waals surface area contributed by atoms with Gasteiger partial charge in [-0.25, -0.2) is 4.39 Å². The van der Waals surface area contributed by atoms with Crippen molar-refractivity contribution >= 4 is 46.2 Å². The molecule has 3 nitrogen and oxygen atoms in total. The van der Waals surface area contributed by atoms with E-state index in [1.807, 2.05) is 0 Å². The Hall–Kier alpha value is -1.41. The smallest absolute Gasteiger partial charge is 0.406 e. The second kappa shape index (κ2) is 8.52. The molecule has 0 heterocycles. The van der Waals surface area contributed by atoms with Gasteiger partial charge < -0.3 is 14.8 Å². The van der Waals surface area contributed by atoms with E-state index in [1.54, 1.807) is 0 Å². The van der Waals surface area contributed by atoms with Gasteiger partial charge in [-0.3, -0.25) is 0 Å². The number of alkyl halides is 6. The van der Waals surface area contributed by atoms with Crippen LogP contribution in [0.25, 0.3) is 0 Å². The van der Waals surface area contributed by atoms with Crippen LogP contribution in [0.5, 0.6) is 5.75 Å². The summed E-state index contributed by atoms with van der Waals surface area (Å²) >= 11 is 16.7. The quantitative estimate of drug-likeness (QED) is 0.426. The zero-order valence-electron chi connectivity index (χ0n) is 12.9. The lowest BCUT2D eigenvalue weighted by Crippen LogP contribution is -2.16. The summed E-state index contributed by atoms with van der Waals surface area (Å²) in [5.74, 6) is -0.928. The molecule has 26 heavy (non-hydrogen) atoms. The van der Waals surface area contributed by atoms with Crippen LogP contribution in [0, 0.1) is 5.82 Å². The third-order valence-electron chi connectivity index (χ3n) is 2.93. The van der Waals surface area contributed by atoms with Crippen molar-refractivity contribution in [1.29, 1.82) is 0 Å². The zero-order chi connectivity index (χ0) is 19.4. The van der Waals surface area contributed by atoms with Crippen LogP contribution in [0.2, 0.25) is 0 Å². The summed E-state index contributed by atoms with van der Waals surface area (Å²) in [5.41, 5.74) is 1.10. The van der Waals surface area contributed by atoms with Crippen molar-refractivity contribution in [2.75, 3.05) is 11.9 Å². The van der Waals surface area contributed by atoms with Gasteiger partial charge in [-0.05, 0) is 42.0 Å². The SMILES string of the molecule is Fc1ccc(COCC(Cl)(Cl)Cl)cc1Nc1ccc(OC(F)(F)F)cc1. The van der Waals surface area contributed by atoms with Gasteiger partial charge in [0.1, 0.15) is 11.6 Å². The highest BCUT2D eigenvalue weighted by Crippen LogP contribution is 2.28. The highest BCUT2D eigenvalue weighted by atomic mass is 35.6. The molecule has 0 fully saturated rings. The van der Waals surface area contributed by atoms with E-state index in [4.69, 9.17) is 39.5 Å². The van der Waals surface area contributed by atoms with Crippen molar-refractivity contribution in [2.24, 2.45) is 0 Å². The Kier molecular flexibility index (Phi) is 6.85. The Bertz CT molecular complexity index is 734. The number of nitrogens with one attached hydrogen (secondary N) is 1. The third kappa shape index (κ3) is 7.45. The van der Waals surface area contributed by atoms with Gasteiger partial charge in [-0.2, -0.15) is 0 Å². The minimum atomic E-state index is -4.78. The number of anilines is 2. The van der Waals surface area contributed by atoms with Crippen LogP contribution in [0.15, 0.2) is 42.5 Å². The van der Waals surface area contributed by atoms with Crippen LogP contribution >= 0.6 is 34.8 Å². The van der Waals surface area contributed by atoms with Crippen LogP contribution in [0.1, 0.15) is 5.56 Å². The molecule has 142 valence electrons. The zero-order valence-corrected chi connectivity index (χ0v) is 15.2. The van der Waals surface area contributed by atoms with Gasteiger partial charge in [0, 0.05) is 5.69 Å². The molecule has 0 saturated carbocycles. The van der Waals surface area contributed by atoms with Crippen molar-refractivity contribution in [1.82, 2.24) is 0 Å². The van der Waals surface area contributed by atoms with Crippen LogP contribution in [0.4, 0.5) is 28.9 Å². The largest absolute Gasteiger partial charge is 0.573 e. The number of hydrogen-bond acceptors (Lipinski definition) is 3. The molecule has 2 aromatic rings. The lowest BCUT2D eigenvalue weighted by Gasteiger charge is -2.13. The first kappa shape index (κ1) is 20.9. The molecule has 1 N–H and O–H groups in total. The van der Waals surface area contributed by atoms with Crippen molar-refractivity contribution < 1.29 is 27.0 Å². The Labute approximate surface area is 161 Å². The van der Waals surface area contributed by atoms with Crippen molar-refractivity contribution in [3.63, 3.8) is 0 Å². The van der Waals surface area contributed by atoms with Gasteiger partial charge in [-0.15, -0.1) is 13.2 Å². The highest BCUT2D eigenvalue weighted by Gasteiger charge is 2.30. The van der Waals surface area contributed by atoms with Gasteiger partial charge in [0.25, 0.3) is 0 Å². The van der Waals surface area contributed by atoms with Crippen molar-refractivity contribution in [3.8, 4) is 5.75 Å². The number of halogens is 7. The fraction of sp³-hybridized carbons (Fsp3) is 0.250. The molecule has 0 bridgehead atoms. The van der Waals surface area contributed by atoms with Crippen LogP contribution in [-0.4, -0.2) is 16.8 Å². The van der Waals surface area contributed by atoms with Crippen molar-refractivity contribution in [2.45, 2.75) is 16.8 Å². The van der Waals surface area contributed by atoms with Gasteiger partial charge in [-0.1, -0.05) is 40.9 Å². The minimum Gasteiger partial charge on any atom is -0.406 e. The van der Waals surface area contributed by atoms with Gasteiger partial charge in [0.2, 0.25) is 3.79 Å². The first-order valence-electron chi connectivity index (χ1n) is 7.07. The van der Waals surface area contributed by atoms with Crippen LogP contribution < -0.4 is 10.1 Å². The molecule has 0 aliphatic carbocycles. The molecular weight excluding hydrogens is 421 g/mol. The normalized spacial score (nSPS) is 12.1. The maximum Gasteiger partial charge on any atom is 0.573 e. The predicted octanol–water partition coefficient (Wildman–Crippen LogP) is 6.35. The molecule has 0 amide bonds. The number of benzene rings is 2. The average molecular weight is 433 g/mol. The standard InChI is InChI=1S/C16H12Cl3F4NO2/c17-15(18,19)9-25-8-10-1-6-13(20)14(7-10)24-11-2-4-12(5-3-11)26-16(21,22)23/h1-7,24H,8-9H2. The maximum absolute atomic E-state index is 13.9. The maximum atomic E-state index is 13.9. The molecule has 2 rings (SSSR count). The summed E-state index contributed by atoms with van der Waals surface area (Å²) in [5, 5.41) is 2.76. The Morgan fingerprint density at radius 3 is 2.19 bits per heavy atom. The lowest BCUT2D eigenvalue weighted by atomic mass is 10.2. The summed E-state index contributed by atoms with van der Waals surface area (Å²) in [7, 11) is 0. The molecular formula is C16H12Cl3F4NO2. The van der Waals surface area contributed by atoms with E-state index < -0.39 is 16.0 Å². The van der Waals surface area contributed by atoms with Gasteiger partial charge in [0.05, 0.1) is 18.9 Å². The first-order chi connectivity index (χ1) is 12.0. The lowest BCUT2D eigenvalue weighted by molar-refractivity contribution is -0.274. The van der Waals surface area contributed by atoms with Gasteiger partial charge >= 0.3 is 6.36 Å². The summed E-state index contributed by atoms with van der Waals surface area (Å²) in [6, 6.07) is 9.08. The Morgan fingerprint density at radius 2 is 1.62 bits per heavy atom. The first-order valence-corrected chi connectivity index (χ1v) is 8.21. The molecule has 0 radical (unpaired) electrons. The molecule has 0 aliphatic rings. The summed E-state index contributed by atoms with van der Waals surface area (Å²) in [6.45, 7) is -0.0559. The second-order valence-corrected chi connectivity index (χ2v) is 7.64. The number of hydrogen-bond donors (Lipinski definition) is 1. The fourth-order valence-corrected chi connectivity index (χ4v) is 2.17. The van der Waals surface area contributed by atoms with E-state index in [1.165, 1.54) is 30.3 Å². The van der Waals surface area contributed by atoms with E-state index in [0.29, 0.717) is 11.3 Å². The van der Waals surface area contributed by atoms with E-state index in [-0.39, 0.29) is 24.7 Å². The molecule has 0 aliphatic heterocycles. The number of ether oxygens (including phenoxy) is 2. The van der Waals surface area contributed by atoms with Crippen LogP contribution in [-0.2, 0) is 11.3 Å². The molecule has 0 saturated heterocycles. The molecule has 2 aromatic carbocycles. The number of rotatable bonds is 6. The van der Waals surface area contributed by atoms with Crippen molar-refractivity contribution in [3.05, 3.63) is 53.8 Å². The Balaban J connectivity index is 2.03. The van der Waals surface area contributed by atoms with E-state index in [2.05, 4.69) is 10.1 Å². The second-order valence-electron chi connectivity index (χ2n) is 5.12. The predicted molar refractivity (Wildman–Crippen MR) is 92.8 cm³/mol. The highest BCUT2D eigenvalue weighted by molar-refractivity contribution is 6.67. The molecule has 10 heteroatoms. The van der Waals surface area contributed by atoms with Gasteiger partial charge in [0.15, 0.2) is 0 Å². The average Bonchev–Trinajstić information content (AvgIpc) is 2.50. The molecule has 0 unspecified atom stereocenters. The third-order valence-corrected chi connectivity index (χ3v) is 3.26. The van der Waals surface area contributed by atoms with E-state index >= 15 is 0 Å². The molecule has 0 aromatic heterocycles. The fourth-order valence-electron chi connectivity index (χ4n) is 1.94. The van der Waals surface area contributed by atoms with Crippen LogP contribution in [0.3, 0.4) is 0 Å². The summed E-state index contributed by atoms with van der Waals surface area (Å²) in [6.07, 6.45) is -4.78. The minimum absolute atomic E-state index is 0.0846. The van der Waals surface area contributed by atoms with E-state index in [9.17, 15) is 17.6 Å². The monoisotopic (exact) mass is 431 g/mol.